The quantitative estimate of drug-likeness (QED) is 0.0165. The van der Waals surface area contributed by atoms with Crippen LogP contribution in [0.25, 0.3) is 0 Å². The van der Waals surface area contributed by atoms with Crippen LogP contribution in [0.15, 0.2) is 44.5 Å². The average molecular weight is 901 g/mol. The van der Waals surface area contributed by atoms with Gasteiger partial charge in [0.2, 0.25) is 0 Å². The number of amides is 2. The molecule has 15 nitrogen and oxygen atoms in total. The lowest BCUT2D eigenvalue weighted by molar-refractivity contribution is 0.148. The van der Waals surface area contributed by atoms with Gasteiger partial charge in [-0.2, -0.15) is 0 Å². The molecular formula is C49H100N14O. The first-order valence-electron chi connectivity index (χ1n) is 25.6. The molecule has 2 amide bonds. The number of guanidine groups is 4. The number of nitrogens with one attached hydrogen (secondary N) is 2. The number of urea groups is 1. The Hall–Kier alpha value is -4.17. The Bertz CT molecular complexity index is 1180. The summed E-state index contributed by atoms with van der Waals surface area (Å²) in [6, 6.07) is 0.244. The van der Waals surface area contributed by atoms with E-state index in [1.54, 1.807) is 0 Å². The summed E-state index contributed by atoms with van der Waals surface area (Å²) in [7, 11) is 0. The van der Waals surface area contributed by atoms with Gasteiger partial charge in [-0.15, -0.1) is 0 Å². The Kier molecular flexibility index (Phi) is 41.2. The molecule has 0 unspecified atom stereocenters. The second-order valence-electron chi connectivity index (χ2n) is 17.5. The molecule has 64 heavy (non-hydrogen) atoms. The van der Waals surface area contributed by atoms with E-state index in [0.717, 1.165) is 166 Å². The molecule has 0 aliphatic heterocycles. The largest absolute Gasteiger partial charge is 0.370 e. The molecule has 0 heterocycles. The SMILES string of the molecule is C=C(CC)NC(N)=NCCCCCCCCCN(CCCCCCCCCN=C(N)N)C(=O)N(CCCCCCCCCN=C(N)N)CCCCCCCCCN=C(N)NC(=C)CC. The first-order valence-corrected chi connectivity index (χ1v) is 25.6. The van der Waals surface area contributed by atoms with Crippen molar-refractivity contribution in [3.63, 3.8) is 0 Å². The van der Waals surface area contributed by atoms with E-state index in [1.165, 1.54) is 77.0 Å². The minimum absolute atomic E-state index is 0.173. The Morgan fingerprint density at radius 2 is 0.594 bits per heavy atom. The third-order valence-electron chi connectivity index (χ3n) is 11.5. The van der Waals surface area contributed by atoms with Crippen molar-refractivity contribution in [2.24, 2.45) is 54.4 Å². The maximum atomic E-state index is 14.4. The Morgan fingerprint density at radius 1 is 0.375 bits per heavy atom. The lowest BCUT2D eigenvalue weighted by atomic mass is 10.1. The van der Waals surface area contributed by atoms with Crippen molar-refractivity contribution in [1.29, 1.82) is 0 Å². The van der Waals surface area contributed by atoms with Gasteiger partial charge >= 0.3 is 6.03 Å². The standard InChI is InChI=1S/C49H100N14O/c1-5-43(3)60-47(54)58-37-29-21-13-9-17-25-33-41-62(39-31-23-15-7-11-19-27-35-56-45(50)51)49(64)63(40-32-24-16-8-12-20-28-36-57-46(52)53)42-34-26-18-10-14-22-30-38-59-48(55)61-44(4)6-2/h3-42H2,1-2H3,(H4,50,51,56)(H4,52,53,57)(H3,54,58,60)(H3,55,59,61). The summed E-state index contributed by atoms with van der Waals surface area (Å²) in [6.07, 6.45) is 33.6. The second kappa shape index (κ2) is 44.1. The summed E-state index contributed by atoms with van der Waals surface area (Å²) in [6.45, 7) is 18.2. The van der Waals surface area contributed by atoms with Crippen LogP contribution in [-0.4, -0.2) is 92.0 Å². The van der Waals surface area contributed by atoms with Gasteiger partial charge in [0.1, 0.15) is 0 Å². The van der Waals surface area contributed by atoms with Crippen molar-refractivity contribution in [1.82, 2.24) is 20.4 Å². The average Bonchev–Trinajstić information content (AvgIpc) is 3.26. The van der Waals surface area contributed by atoms with Crippen molar-refractivity contribution in [3.05, 3.63) is 24.6 Å². The van der Waals surface area contributed by atoms with E-state index in [2.05, 4.69) is 53.6 Å². The van der Waals surface area contributed by atoms with Crippen molar-refractivity contribution in [2.75, 3.05) is 52.4 Å². The molecule has 0 saturated heterocycles. The topological polar surface area (TPSA) is 253 Å². The van der Waals surface area contributed by atoms with Crippen molar-refractivity contribution in [2.45, 2.75) is 206 Å². The third kappa shape index (κ3) is 40.6. The van der Waals surface area contributed by atoms with Crippen LogP contribution < -0.4 is 45.0 Å². The van der Waals surface area contributed by atoms with Gasteiger partial charge in [0.15, 0.2) is 23.8 Å². The lowest BCUT2D eigenvalue weighted by Crippen LogP contribution is -2.45. The zero-order valence-corrected chi connectivity index (χ0v) is 41.3. The molecule has 0 rings (SSSR count). The number of hydrogen-bond donors (Lipinski definition) is 8. The van der Waals surface area contributed by atoms with Crippen LogP contribution in [0, 0.1) is 0 Å². The Morgan fingerprint density at radius 3 is 0.828 bits per heavy atom. The lowest BCUT2D eigenvalue weighted by Gasteiger charge is -2.31. The van der Waals surface area contributed by atoms with E-state index in [1.807, 2.05) is 13.8 Å². The van der Waals surface area contributed by atoms with Crippen molar-refractivity contribution in [3.8, 4) is 0 Å². The van der Waals surface area contributed by atoms with E-state index >= 15 is 0 Å². The van der Waals surface area contributed by atoms with Gasteiger partial charge in [0.05, 0.1) is 0 Å². The van der Waals surface area contributed by atoms with Crippen molar-refractivity contribution >= 4 is 29.9 Å². The minimum atomic E-state index is 0.173. The van der Waals surface area contributed by atoms with E-state index in [9.17, 15) is 4.79 Å². The smallest absolute Gasteiger partial charge is 0.319 e. The molecule has 0 aromatic heterocycles. The zero-order chi connectivity index (χ0) is 47.3. The number of unbranched alkanes of at least 4 members (excludes halogenated alkanes) is 24. The Balaban J connectivity index is 5.17. The number of nitrogens with two attached hydrogens (primary N) is 6. The van der Waals surface area contributed by atoms with E-state index in [4.69, 9.17) is 34.4 Å². The highest BCUT2D eigenvalue weighted by atomic mass is 16.2. The van der Waals surface area contributed by atoms with Crippen LogP contribution in [0.5, 0.6) is 0 Å². The van der Waals surface area contributed by atoms with E-state index in [0.29, 0.717) is 25.0 Å². The molecule has 0 aromatic carbocycles. The Labute approximate surface area is 391 Å². The molecule has 0 aliphatic rings. The van der Waals surface area contributed by atoms with Gasteiger partial charge in [0, 0.05) is 63.8 Å². The summed E-state index contributed by atoms with van der Waals surface area (Å²) in [5.74, 6) is 1.27. The first kappa shape index (κ1) is 59.8. The van der Waals surface area contributed by atoms with Crippen LogP contribution in [0.2, 0.25) is 0 Å². The van der Waals surface area contributed by atoms with Gasteiger partial charge in [-0.05, 0) is 64.2 Å². The number of hydrogen-bond acceptors (Lipinski definition) is 5. The van der Waals surface area contributed by atoms with Crippen LogP contribution in [0.3, 0.4) is 0 Å². The minimum Gasteiger partial charge on any atom is -0.370 e. The van der Waals surface area contributed by atoms with Crippen LogP contribution in [-0.2, 0) is 0 Å². The highest BCUT2D eigenvalue weighted by Gasteiger charge is 2.20. The molecule has 0 saturated carbocycles. The van der Waals surface area contributed by atoms with Crippen LogP contribution >= 0.6 is 0 Å². The summed E-state index contributed by atoms with van der Waals surface area (Å²) >= 11 is 0. The summed E-state index contributed by atoms with van der Waals surface area (Å²) < 4.78 is 0. The van der Waals surface area contributed by atoms with Gasteiger partial charge in [-0.3, -0.25) is 20.0 Å². The molecule has 0 fully saturated rings. The van der Waals surface area contributed by atoms with Gasteiger partial charge in [-0.1, -0.05) is 155 Å². The normalized spacial score (nSPS) is 11.6. The number of nitrogens with zero attached hydrogens (tertiary/aromatic N) is 6. The number of rotatable bonds is 44. The maximum absolute atomic E-state index is 14.4. The maximum Gasteiger partial charge on any atom is 0.319 e. The van der Waals surface area contributed by atoms with E-state index < -0.39 is 0 Å². The molecule has 0 radical (unpaired) electrons. The molecule has 0 atom stereocenters. The van der Waals surface area contributed by atoms with Crippen molar-refractivity contribution < 1.29 is 4.79 Å². The predicted molar refractivity (Wildman–Crippen MR) is 277 cm³/mol. The molecule has 0 bridgehead atoms. The summed E-state index contributed by atoms with van der Waals surface area (Å²) in [4.78, 5) is 35.8. The molecule has 0 aromatic rings. The fourth-order valence-electron chi connectivity index (χ4n) is 7.43. The summed E-state index contributed by atoms with van der Waals surface area (Å²) in [5, 5.41) is 6.09. The van der Waals surface area contributed by atoms with Gasteiger partial charge in [-0.25, -0.2) is 4.79 Å². The molecule has 372 valence electrons. The van der Waals surface area contributed by atoms with Gasteiger partial charge < -0.3 is 54.8 Å². The molecule has 0 aliphatic carbocycles. The predicted octanol–water partition coefficient (Wildman–Crippen LogP) is 8.84. The molecule has 15 heteroatoms. The first-order chi connectivity index (χ1) is 31.0. The molecule has 0 spiro atoms. The fourth-order valence-corrected chi connectivity index (χ4v) is 7.43. The van der Waals surface area contributed by atoms with Gasteiger partial charge in [0.25, 0.3) is 0 Å². The number of aliphatic imine (C=N–C) groups is 4. The second-order valence-corrected chi connectivity index (χ2v) is 17.5. The highest BCUT2D eigenvalue weighted by Crippen LogP contribution is 2.16. The molecular weight excluding hydrogens is 801 g/mol. The monoisotopic (exact) mass is 901 g/mol. The number of allylic oxidation sites excluding steroid dienone is 2. The van der Waals surface area contributed by atoms with E-state index in [-0.39, 0.29) is 18.0 Å². The van der Waals surface area contributed by atoms with Crippen LogP contribution in [0.4, 0.5) is 4.79 Å². The molecule has 14 N–H and O–H groups in total. The zero-order valence-electron chi connectivity index (χ0n) is 41.3. The fraction of sp³-hybridized carbons (Fsp3) is 0.816. The highest BCUT2D eigenvalue weighted by molar-refractivity contribution is 5.80. The number of carbonyl (C=O) groups is 1. The van der Waals surface area contributed by atoms with Crippen LogP contribution in [0.1, 0.15) is 206 Å². The third-order valence-corrected chi connectivity index (χ3v) is 11.5. The summed E-state index contributed by atoms with van der Waals surface area (Å²) in [5.41, 5.74) is 35.5. The number of carbonyl (C=O) groups excluding carboxylic acids is 1.